The number of nitrogens with zero attached hydrogens (tertiary/aromatic N) is 1. The van der Waals surface area contributed by atoms with Crippen molar-refractivity contribution in [2.45, 2.75) is 44.8 Å². The highest BCUT2D eigenvalue weighted by Crippen LogP contribution is 2.31. The Morgan fingerprint density at radius 3 is 2.41 bits per heavy atom. The van der Waals surface area contributed by atoms with Crippen LogP contribution in [0.1, 0.15) is 38.7 Å². The van der Waals surface area contributed by atoms with E-state index in [1.54, 1.807) is 11.0 Å². The monoisotopic (exact) mass is 344 g/mol. The van der Waals surface area contributed by atoms with Gasteiger partial charge in [-0.2, -0.15) is 0 Å². The minimum Gasteiger partial charge on any atom is -0.444 e. The standard InChI is InChI=1S/C16H22Cl2N2O2/c1-16(2,3)22-15(21)20-5-4-14(19)13(9-20)10-6-11(17)8-12(18)7-10/h6-8,13-14H,4-5,9,19H2,1-3H3/t13?,14-/m1/s1. The Bertz CT molecular complexity index is 537. The number of ether oxygens (including phenoxy) is 1. The second-order valence-electron chi connectivity index (χ2n) is 6.69. The Morgan fingerprint density at radius 2 is 1.86 bits per heavy atom. The van der Waals surface area contributed by atoms with Gasteiger partial charge in [0.05, 0.1) is 0 Å². The molecule has 1 saturated heterocycles. The molecule has 1 unspecified atom stereocenters. The van der Waals surface area contributed by atoms with E-state index in [-0.39, 0.29) is 18.1 Å². The van der Waals surface area contributed by atoms with Crippen LogP contribution in [0.4, 0.5) is 4.79 Å². The number of carbonyl (C=O) groups is 1. The molecule has 1 aliphatic heterocycles. The predicted molar refractivity (Wildman–Crippen MR) is 89.6 cm³/mol. The fourth-order valence-corrected chi connectivity index (χ4v) is 3.15. The molecule has 1 heterocycles. The number of likely N-dealkylation sites (tertiary alicyclic amines) is 1. The third kappa shape index (κ3) is 4.51. The normalized spacial score (nSPS) is 22.5. The summed E-state index contributed by atoms with van der Waals surface area (Å²) in [4.78, 5) is 13.9. The molecule has 1 aromatic carbocycles. The van der Waals surface area contributed by atoms with E-state index >= 15 is 0 Å². The second kappa shape index (κ2) is 6.65. The molecule has 22 heavy (non-hydrogen) atoms. The van der Waals surface area contributed by atoms with Gasteiger partial charge in [0, 0.05) is 35.1 Å². The number of nitrogens with two attached hydrogens (primary N) is 1. The fraction of sp³-hybridized carbons (Fsp3) is 0.562. The van der Waals surface area contributed by atoms with E-state index in [1.807, 2.05) is 32.9 Å². The van der Waals surface area contributed by atoms with Gasteiger partial charge in [0.2, 0.25) is 0 Å². The number of hydrogen-bond acceptors (Lipinski definition) is 3. The topological polar surface area (TPSA) is 55.6 Å². The molecule has 4 nitrogen and oxygen atoms in total. The van der Waals surface area contributed by atoms with Gasteiger partial charge in [-0.05, 0) is 51.0 Å². The molecule has 122 valence electrons. The van der Waals surface area contributed by atoms with Crippen molar-refractivity contribution in [2.24, 2.45) is 5.73 Å². The van der Waals surface area contributed by atoms with E-state index in [9.17, 15) is 4.79 Å². The van der Waals surface area contributed by atoms with E-state index in [2.05, 4.69) is 0 Å². The highest BCUT2D eigenvalue weighted by atomic mass is 35.5. The Hall–Kier alpha value is -0.970. The third-order valence-corrected chi connectivity index (χ3v) is 4.07. The van der Waals surface area contributed by atoms with Crippen LogP contribution in [0.2, 0.25) is 10.0 Å². The molecule has 1 fully saturated rings. The van der Waals surface area contributed by atoms with Crippen molar-refractivity contribution in [1.29, 1.82) is 0 Å². The van der Waals surface area contributed by atoms with Crippen molar-refractivity contribution in [3.05, 3.63) is 33.8 Å². The summed E-state index contributed by atoms with van der Waals surface area (Å²) in [5.74, 6) is -0.00234. The van der Waals surface area contributed by atoms with E-state index < -0.39 is 5.60 Å². The number of hydrogen-bond donors (Lipinski definition) is 1. The third-order valence-electron chi connectivity index (χ3n) is 3.63. The lowest BCUT2D eigenvalue weighted by Gasteiger charge is -2.37. The zero-order valence-electron chi connectivity index (χ0n) is 13.1. The molecule has 2 N–H and O–H groups in total. The lowest BCUT2D eigenvalue weighted by atomic mass is 9.87. The number of halogens is 2. The largest absolute Gasteiger partial charge is 0.444 e. The summed E-state index contributed by atoms with van der Waals surface area (Å²) in [5.41, 5.74) is 6.68. The molecule has 1 amide bonds. The van der Waals surface area contributed by atoms with Gasteiger partial charge >= 0.3 is 6.09 Å². The summed E-state index contributed by atoms with van der Waals surface area (Å²) in [6.45, 7) is 6.67. The second-order valence-corrected chi connectivity index (χ2v) is 7.56. The molecule has 0 spiro atoms. The summed E-state index contributed by atoms with van der Waals surface area (Å²) in [7, 11) is 0. The first kappa shape index (κ1) is 17.4. The number of rotatable bonds is 1. The van der Waals surface area contributed by atoms with Gasteiger partial charge in [0.1, 0.15) is 5.60 Å². The average molecular weight is 345 g/mol. The number of amides is 1. The minimum atomic E-state index is -0.508. The first-order valence-electron chi connectivity index (χ1n) is 7.35. The van der Waals surface area contributed by atoms with Crippen molar-refractivity contribution in [3.63, 3.8) is 0 Å². The highest BCUT2D eigenvalue weighted by molar-refractivity contribution is 6.34. The molecule has 0 saturated carbocycles. The van der Waals surface area contributed by atoms with Gasteiger partial charge < -0.3 is 15.4 Å². The Labute approximate surface area is 141 Å². The van der Waals surface area contributed by atoms with Crippen LogP contribution in [-0.2, 0) is 4.74 Å². The highest BCUT2D eigenvalue weighted by Gasteiger charge is 2.32. The molecule has 2 atom stereocenters. The summed E-state index contributed by atoms with van der Waals surface area (Å²) in [6.07, 6.45) is 0.408. The fourth-order valence-electron chi connectivity index (χ4n) is 2.60. The van der Waals surface area contributed by atoms with Crippen LogP contribution in [0.3, 0.4) is 0 Å². The van der Waals surface area contributed by atoms with Crippen LogP contribution in [0.5, 0.6) is 0 Å². The zero-order chi connectivity index (χ0) is 16.5. The van der Waals surface area contributed by atoms with Crippen molar-refractivity contribution >= 4 is 29.3 Å². The van der Waals surface area contributed by atoms with Crippen molar-refractivity contribution in [3.8, 4) is 0 Å². The van der Waals surface area contributed by atoms with Gasteiger partial charge in [-0.15, -0.1) is 0 Å². The summed E-state index contributed by atoms with van der Waals surface area (Å²) >= 11 is 12.1. The first-order valence-corrected chi connectivity index (χ1v) is 8.11. The van der Waals surface area contributed by atoms with Crippen LogP contribution in [0, 0.1) is 0 Å². The van der Waals surface area contributed by atoms with Gasteiger partial charge in [0.25, 0.3) is 0 Å². The first-order chi connectivity index (χ1) is 10.2. The van der Waals surface area contributed by atoms with Crippen LogP contribution in [-0.4, -0.2) is 35.7 Å². The minimum absolute atomic E-state index is 0.00234. The maximum absolute atomic E-state index is 12.2. The molecule has 0 aromatic heterocycles. The lowest BCUT2D eigenvalue weighted by molar-refractivity contribution is 0.0186. The number of carbonyl (C=O) groups excluding carboxylic acids is 1. The molecule has 1 aliphatic rings. The predicted octanol–water partition coefficient (Wildman–Crippen LogP) is 4.05. The summed E-state index contributed by atoms with van der Waals surface area (Å²) in [6, 6.07) is 5.37. The van der Waals surface area contributed by atoms with E-state index in [1.165, 1.54) is 0 Å². The van der Waals surface area contributed by atoms with Gasteiger partial charge in [-0.1, -0.05) is 23.2 Å². The SMILES string of the molecule is CC(C)(C)OC(=O)N1CC[C@@H](N)C(c2cc(Cl)cc(Cl)c2)C1. The average Bonchev–Trinajstić information content (AvgIpc) is 2.35. The van der Waals surface area contributed by atoms with Crippen LogP contribution >= 0.6 is 23.2 Å². The lowest BCUT2D eigenvalue weighted by Crippen LogP contribution is -2.49. The maximum atomic E-state index is 12.2. The summed E-state index contributed by atoms with van der Waals surface area (Å²) < 4.78 is 5.44. The van der Waals surface area contributed by atoms with Crippen molar-refractivity contribution in [1.82, 2.24) is 4.90 Å². The molecule has 1 aromatic rings. The van der Waals surface area contributed by atoms with E-state index in [0.717, 1.165) is 5.56 Å². The van der Waals surface area contributed by atoms with Crippen molar-refractivity contribution < 1.29 is 9.53 Å². The van der Waals surface area contributed by atoms with E-state index in [4.69, 9.17) is 33.7 Å². The number of piperidine rings is 1. The van der Waals surface area contributed by atoms with E-state index in [0.29, 0.717) is 29.6 Å². The molecule has 0 bridgehead atoms. The summed E-state index contributed by atoms with van der Waals surface area (Å²) in [5, 5.41) is 1.15. The van der Waals surface area contributed by atoms with Crippen LogP contribution < -0.4 is 5.73 Å². The Morgan fingerprint density at radius 1 is 1.27 bits per heavy atom. The quantitative estimate of drug-likeness (QED) is 0.836. The van der Waals surface area contributed by atoms with Gasteiger partial charge in [-0.25, -0.2) is 4.79 Å². The Balaban J connectivity index is 2.16. The molecular weight excluding hydrogens is 323 g/mol. The molecule has 0 aliphatic carbocycles. The zero-order valence-corrected chi connectivity index (χ0v) is 14.6. The maximum Gasteiger partial charge on any atom is 0.410 e. The Kier molecular flexibility index (Phi) is 5.25. The molecular formula is C16H22Cl2N2O2. The van der Waals surface area contributed by atoms with Gasteiger partial charge in [0.15, 0.2) is 0 Å². The van der Waals surface area contributed by atoms with Crippen molar-refractivity contribution in [2.75, 3.05) is 13.1 Å². The van der Waals surface area contributed by atoms with Crippen LogP contribution in [0.15, 0.2) is 18.2 Å². The molecule has 6 heteroatoms. The molecule has 2 rings (SSSR count). The van der Waals surface area contributed by atoms with Gasteiger partial charge in [-0.3, -0.25) is 0 Å². The number of benzene rings is 1. The van der Waals surface area contributed by atoms with Crippen LogP contribution in [0.25, 0.3) is 0 Å². The molecule has 0 radical (unpaired) electrons. The smallest absolute Gasteiger partial charge is 0.410 e.